The third-order valence-corrected chi connectivity index (χ3v) is 4.13. The molecule has 2 amide bonds. The van der Waals surface area contributed by atoms with Gasteiger partial charge in [-0.2, -0.15) is 0 Å². The van der Waals surface area contributed by atoms with Gasteiger partial charge in [0.05, 0.1) is 6.54 Å². The highest BCUT2D eigenvalue weighted by Crippen LogP contribution is 2.15. The summed E-state index contributed by atoms with van der Waals surface area (Å²) in [5, 5.41) is 5.68. The van der Waals surface area contributed by atoms with E-state index in [-0.39, 0.29) is 49.1 Å². The van der Waals surface area contributed by atoms with Crippen molar-refractivity contribution in [3.8, 4) is 0 Å². The Morgan fingerprint density at radius 2 is 1.68 bits per heavy atom. The maximum atomic E-state index is 12.2. The van der Waals surface area contributed by atoms with E-state index in [0.29, 0.717) is 19.6 Å². The van der Waals surface area contributed by atoms with Crippen LogP contribution in [0.25, 0.3) is 0 Å². The van der Waals surface area contributed by atoms with Gasteiger partial charge in [0.15, 0.2) is 0 Å². The number of carbonyl (C=O) groups is 2. The van der Waals surface area contributed by atoms with E-state index in [1.165, 1.54) is 5.69 Å². The zero-order chi connectivity index (χ0) is 16.7. The van der Waals surface area contributed by atoms with E-state index in [1.54, 1.807) is 7.05 Å². The molecule has 0 saturated carbocycles. The summed E-state index contributed by atoms with van der Waals surface area (Å²) in [4.78, 5) is 28.1. The maximum absolute atomic E-state index is 12.2. The van der Waals surface area contributed by atoms with Crippen LogP contribution >= 0.6 is 24.8 Å². The number of piperazine rings is 1. The summed E-state index contributed by atoms with van der Waals surface area (Å²) in [6, 6.07) is 10.2. The lowest BCUT2D eigenvalue weighted by Crippen LogP contribution is -2.51. The van der Waals surface area contributed by atoms with Gasteiger partial charge in [-0.05, 0) is 19.2 Å². The molecule has 0 aliphatic carbocycles. The molecule has 0 spiro atoms. The molecule has 0 bridgehead atoms. The fourth-order valence-electron chi connectivity index (χ4n) is 2.70. The van der Waals surface area contributed by atoms with Gasteiger partial charge in [0.25, 0.3) is 0 Å². The minimum absolute atomic E-state index is 0. The highest BCUT2D eigenvalue weighted by atomic mass is 35.5. The minimum Gasteiger partial charge on any atom is -0.368 e. The van der Waals surface area contributed by atoms with Crippen molar-refractivity contribution in [2.75, 3.05) is 51.2 Å². The molecule has 6 nitrogen and oxygen atoms in total. The summed E-state index contributed by atoms with van der Waals surface area (Å²) >= 11 is 0. The first-order valence-corrected chi connectivity index (χ1v) is 8.12. The van der Waals surface area contributed by atoms with Gasteiger partial charge in [-0.15, -0.1) is 24.8 Å². The monoisotopic (exact) mass is 390 g/mol. The minimum atomic E-state index is -0.136. The Morgan fingerprint density at radius 3 is 2.24 bits per heavy atom. The summed E-state index contributed by atoms with van der Waals surface area (Å²) in [6.45, 7) is 5.55. The molecular weight excluding hydrogens is 363 g/mol. The first-order chi connectivity index (χ1) is 11.1. The fourth-order valence-corrected chi connectivity index (χ4v) is 2.70. The van der Waals surface area contributed by atoms with Crippen LogP contribution in [0.4, 0.5) is 5.69 Å². The average Bonchev–Trinajstić information content (AvgIpc) is 2.60. The Hall–Kier alpha value is -1.50. The van der Waals surface area contributed by atoms with Gasteiger partial charge in [-0.25, -0.2) is 0 Å². The van der Waals surface area contributed by atoms with Crippen LogP contribution in [0.3, 0.4) is 0 Å². The first-order valence-electron chi connectivity index (χ1n) is 8.12. The second-order valence-corrected chi connectivity index (χ2v) is 5.88. The first kappa shape index (κ1) is 23.5. The molecule has 2 rings (SSSR count). The molecule has 1 unspecified atom stereocenters. The lowest BCUT2D eigenvalue weighted by atomic mass is 10.1. The number of carbonyl (C=O) groups excluding carboxylic acids is 2. The number of amides is 2. The Morgan fingerprint density at radius 1 is 1.08 bits per heavy atom. The molecule has 0 aromatic heterocycles. The van der Waals surface area contributed by atoms with Crippen molar-refractivity contribution in [2.45, 2.75) is 6.92 Å². The molecule has 1 aliphatic rings. The second-order valence-electron chi connectivity index (χ2n) is 5.88. The van der Waals surface area contributed by atoms with Gasteiger partial charge < -0.3 is 20.4 Å². The molecule has 1 fully saturated rings. The van der Waals surface area contributed by atoms with E-state index in [4.69, 9.17) is 0 Å². The van der Waals surface area contributed by atoms with Gasteiger partial charge >= 0.3 is 0 Å². The van der Waals surface area contributed by atoms with E-state index in [2.05, 4.69) is 27.7 Å². The van der Waals surface area contributed by atoms with Crippen LogP contribution < -0.4 is 15.5 Å². The van der Waals surface area contributed by atoms with Crippen molar-refractivity contribution in [3.63, 3.8) is 0 Å². The van der Waals surface area contributed by atoms with Crippen molar-refractivity contribution < 1.29 is 9.59 Å². The molecule has 1 aromatic carbocycles. The SMILES string of the molecule is CNCC(C)C(=O)NCC(=O)N1CCN(c2ccccc2)CC1.Cl.Cl. The van der Waals surface area contributed by atoms with Crippen molar-refractivity contribution >= 4 is 42.3 Å². The largest absolute Gasteiger partial charge is 0.368 e. The predicted molar refractivity (Wildman–Crippen MR) is 106 cm³/mol. The molecule has 1 saturated heterocycles. The molecule has 2 N–H and O–H groups in total. The van der Waals surface area contributed by atoms with Crippen molar-refractivity contribution in [2.24, 2.45) is 5.92 Å². The van der Waals surface area contributed by atoms with Gasteiger partial charge in [0.2, 0.25) is 11.8 Å². The van der Waals surface area contributed by atoms with E-state index >= 15 is 0 Å². The quantitative estimate of drug-likeness (QED) is 0.764. The van der Waals surface area contributed by atoms with Gasteiger partial charge in [0, 0.05) is 44.3 Å². The number of halogens is 2. The summed E-state index contributed by atoms with van der Waals surface area (Å²) in [5.41, 5.74) is 1.19. The summed E-state index contributed by atoms with van der Waals surface area (Å²) in [6.07, 6.45) is 0. The topological polar surface area (TPSA) is 64.7 Å². The van der Waals surface area contributed by atoms with Crippen molar-refractivity contribution in [1.82, 2.24) is 15.5 Å². The van der Waals surface area contributed by atoms with Crippen LogP contribution in [0.2, 0.25) is 0 Å². The van der Waals surface area contributed by atoms with Crippen molar-refractivity contribution in [1.29, 1.82) is 0 Å². The molecule has 1 heterocycles. The number of hydrogen-bond donors (Lipinski definition) is 2. The Bertz CT molecular complexity index is 523. The predicted octanol–water partition coefficient (Wildman–Crippen LogP) is 1.15. The molecule has 1 aliphatic heterocycles. The van der Waals surface area contributed by atoms with Gasteiger partial charge in [-0.1, -0.05) is 25.1 Å². The normalized spacial score (nSPS) is 14.8. The van der Waals surface area contributed by atoms with Crippen LogP contribution in [0.1, 0.15) is 6.92 Å². The van der Waals surface area contributed by atoms with Crippen LogP contribution in [0.15, 0.2) is 30.3 Å². The molecule has 8 heteroatoms. The average molecular weight is 391 g/mol. The summed E-state index contributed by atoms with van der Waals surface area (Å²) in [7, 11) is 1.81. The number of nitrogens with zero attached hydrogens (tertiary/aromatic N) is 2. The zero-order valence-electron chi connectivity index (χ0n) is 14.7. The summed E-state index contributed by atoms with van der Waals surface area (Å²) in [5.74, 6) is -0.235. The van der Waals surface area contributed by atoms with E-state index in [0.717, 1.165) is 13.1 Å². The Kier molecular flexibility index (Phi) is 11.2. The summed E-state index contributed by atoms with van der Waals surface area (Å²) < 4.78 is 0. The molecule has 142 valence electrons. The van der Waals surface area contributed by atoms with Crippen molar-refractivity contribution in [3.05, 3.63) is 30.3 Å². The third-order valence-electron chi connectivity index (χ3n) is 4.13. The van der Waals surface area contributed by atoms with Crippen LogP contribution in [-0.2, 0) is 9.59 Å². The van der Waals surface area contributed by atoms with Crippen LogP contribution in [0, 0.1) is 5.92 Å². The number of hydrogen-bond acceptors (Lipinski definition) is 4. The number of anilines is 1. The molecule has 0 radical (unpaired) electrons. The third kappa shape index (κ3) is 7.10. The van der Waals surface area contributed by atoms with E-state index in [1.807, 2.05) is 30.0 Å². The number of para-hydroxylation sites is 1. The molecular formula is C17H28Cl2N4O2. The smallest absolute Gasteiger partial charge is 0.242 e. The van der Waals surface area contributed by atoms with Crippen LogP contribution in [0.5, 0.6) is 0 Å². The standard InChI is InChI=1S/C17H26N4O2.2ClH/c1-14(12-18-2)17(23)19-13-16(22)21-10-8-20(9-11-21)15-6-4-3-5-7-15;;/h3-7,14,18H,8-13H2,1-2H3,(H,19,23);2*1H. The molecule has 1 atom stereocenters. The maximum Gasteiger partial charge on any atom is 0.242 e. The van der Waals surface area contributed by atoms with Gasteiger partial charge in [0.1, 0.15) is 0 Å². The lowest BCUT2D eigenvalue weighted by Gasteiger charge is -2.36. The lowest BCUT2D eigenvalue weighted by molar-refractivity contribution is -0.133. The highest BCUT2D eigenvalue weighted by Gasteiger charge is 2.22. The number of benzene rings is 1. The highest BCUT2D eigenvalue weighted by molar-refractivity contribution is 5.86. The van der Waals surface area contributed by atoms with E-state index < -0.39 is 0 Å². The molecule has 1 aromatic rings. The zero-order valence-corrected chi connectivity index (χ0v) is 16.4. The second kappa shape index (κ2) is 12.0. The fraction of sp³-hybridized carbons (Fsp3) is 0.529. The Labute approximate surface area is 162 Å². The van der Waals surface area contributed by atoms with Crippen LogP contribution in [-0.4, -0.2) is 63.0 Å². The van der Waals surface area contributed by atoms with Gasteiger partial charge in [-0.3, -0.25) is 9.59 Å². The molecule has 25 heavy (non-hydrogen) atoms. The van der Waals surface area contributed by atoms with E-state index in [9.17, 15) is 9.59 Å². The number of rotatable bonds is 6. The Balaban J connectivity index is 0.00000288. The number of nitrogens with one attached hydrogen (secondary N) is 2.